The van der Waals surface area contributed by atoms with Crippen LogP contribution in [0.25, 0.3) is 0 Å². The van der Waals surface area contributed by atoms with Gasteiger partial charge in [0.25, 0.3) is 10.0 Å². The van der Waals surface area contributed by atoms with Gasteiger partial charge in [-0.05, 0) is 66.9 Å². The highest BCUT2D eigenvalue weighted by Crippen LogP contribution is 2.25. The molecule has 208 valence electrons. The highest BCUT2D eigenvalue weighted by atomic mass is 35.5. The number of nitrogens with one attached hydrogen (secondary N) is 1. The Bertz CT molecular complexity index is 1350. The topological polar surface area (TPSA) is 96.0 Å². The smallest absolute Gasteiger partial charge is 0.264 e. The maximum Gasteiger partial charge on any atom is 0.264 e. The molecule has 39 heavy (non-hydrogen) atoms. The van der Waals surface area contributed by atoms with Crippen LogP contribution < -0.4 is 14.4 Å². The Hall–Kier alpha value is -3.56. The van der Waals surface area contributed by atoms with E-state index in [1.165, 1.54) is 29.2 Å². The largest absolute Gasteiger partial charge is 0.497 e. The lowest BCUT2D eigenvalue weighted by atomic mass is 10.1. The van der Waals surface area contributed by atoms with Crippen molar-refractivity contribution in [3.63, 3.8) is 0 Å². The van der Waals surface area contributed by atoms with Crippen molar-refractivity contribution in [2.24, 2.45) is 5.92 Å². The molecule has 0 aliphatic carbocycles. The van der Waals surface area contributed by atoms with Gasteiger partial charge in [-0.25, -0.2) is 8.42 Å². The molecule has 0 spiro atoms. The van der Waals surface area contributed by atoms with E-state index in [1.807, 2.05) is 13.8 Å². The summed E-state index contributed by atoms with van der Waals surface area (Å²) in [5, 5.41) is 3.26. The molecule has 0 fully saturated rings. The van der Waals surface area contributed by atoms with Gasteiger partial charge in [-0.3, -0.25) is 13.9 Å². The number of rotatable bonds is 12. The van der Waals surface area contributed by atoms with E-state index < -0.39 is 28.5 Å². The van der Waals surface area contributed by atoms with Crippen LogP contribution in [-0.4, -0.2) is 51.4 Å². The second kappa shape index (κ2) is 13.5. The van der Waals surface area contributed by atoms with Gasteiger partial charge in [-0.1, -0.05) is 55.8 Å². The third-order valence-corrected chi connectivity index (χ3v) is 8.13. The van der Waals surface area contributed by atoms with E-state index in [9.17, 15) is 18.0 Å². The Morgan fingerprint density at radius 3 is 2.10 bits per heavy atom. The monoisotopic (exact) mass is 571 g/mol. The molecule has 10 heteroatoms. The van der Waals surface area contributed by atoms with Gasteiger partial charge in [0.2, 0.25) is 11.8 Å². The summed E-state index contributed by atoms with van der Waals surface area (Å²) in [6.45, 7) is 5.64. The molecular formula is C29H34ClN3O5S. The normalized spacial score (nSPS) is 12.1. The molecule has 2 amide bonds. The molecule has 0 saturated heterocycles. The zero-order valence-corrected chi connectivity index (χ0v) is 24.1. The van der Waals surface area contributed by atoms with Gasteiger partial charge in [-0.15, -0.1) is 0 Å². The van der Waals surface area contributed by atoms with E-state index in [0.29, 0.717) is 23.0 Å². The lowest BCUT2D eigenvalue weighted by molar-refractivity contribution is -0.139. The predicted octanol–water partition coefficient (Wildman–Crippen LogP) is 4.73. The van der Waals surface area contributed by atoms with Gasteiger partial charge < -0.3 is 15.0 Å². The summed E-state index contributed by atoms with van der Waals surface area (Å²) in [5.41, 5.74) is 1.08. The summed E-state index contributed by atoms with van der Waals surface area (Å²) >= 11 is 5.97. The van der Waals surface area contributed by atoms with Gasteiger partial charge in [-0.2, -0.15) is 0 Å². The van der Waals surface area contributed by atoms with E-state index in [0.717, 1.165) is 9.87 Å². The van der Waals surface area contributed by atoms with Crippen molar-refractivity contribution in [1.29, 1.82) is 0 Å². The highest BCUT2D eigenvalue weighted by Gasteiger charge is 2.32. The Balaban J connectivity index is 1.97. The molecule has 0 heterocycles. The molecule has 3 rings (SSSR count). The van der Waals surface area contributed by atoms with Gasteiger partial charge in [0.05, 0.1) is 17.7 Å². The Morgan fingerprint density at radius 2 is 1.54 bits per heavy atom. The quantitative estimate of drug-likeness (QED) is 0.339. The third-order valence-electron chi connectivity index (χ3n) is 6.09. The van der Waals surface area contributed by atoms with Crippen LogP contribution in [0.1, 0.15) is 26.3 Å². The van der Waals surface area contributed by atoms with Crippen molar-refractivity contribution >= 4 is 39.1 Å². The third kappa shape index (κ3) is 7.97. The van der Waals surface area contributed by atoms with Crippen molar-refractivity contribution in [3.05, 3.63) is 89.4 Å². The van der Waals surface area contributed by atoms with Gasteiger partial charge in [0.15, 0.2) is 0 Å². The Morgan fingerprint density at radius 1 is 0.923 bits per heavy atom. The van der Waals surface area contributed by atoms with Crippen molar-refractivity contribution in [2.45, 2.75) is 38.3 Å². The highest BCUT2D eigenvalue weighted by molar-refractivity contribution is 7.92. The molecule has 0 radical (unpaired) electrons. The molecule has 0 aromatic heterocycles. The standard InChI is InChI=1S/C29H34ClN3O5S/c1-21(2)18-31-29(35)22(3)32(19-23-10-14-26(38-4)15-11-23)28(34)20-33(25-8-6-5-7-9-25)39(36,37)27-16-12-24(30)13-17-27/h5-17,21-22H,18-20H2,1-4H3,(H,31,35)/t22-/m0/s1. The van der Waals surface area contributed by atoms with Crippen LogP contribution in [0.5, 0.6) is 5.75 Å². The maximum atomic E-state index is 13.9. The fourth-order valence-corrected chi connectivity index (χ4v) is 5.36. The number of benzene rings is 3. The van der Waals surface area contributed by atoms with Crippen molar-refractivity contribution < 1.29 is 22.7 Å². The SMILES string of the molecule is COc1ccc(CN(C(=O)CN(c2ccccc2)S(=O)(=O)c2ccc(Cl)cc2)[C@@H](C)C(=O)NCC(C)C)cc1. The summed E-state index contributed by atoms with van der Waals surface area (Å²) in [6.07, 6.45) is 0. The molecule has 0 bridgehead atoms. The molecule has 0 aliphatic rings. The number of anilines is 1. The summed E-state index contributed by atoms with van der Waals surface area (Å²) in [7, 11) is -2.58. The average Bonchev–Trinajstić information content (AvgIpc) is 2.93. The van der Waals surface area contributed by atoms with Crippen LogP contribution in [0.2, 0.25) is 5.02 Å². The van der Waals surface area contributed by atoms with E-state index in [4.69, 9.17) is 16.3 Å². The zero-order valence-electron chi connectivity index (χ0n) is 22.5. The molecule has 0 aliphatic heterocycles. The first-order chi connectivity index (χ1) is 18.5. The summed E-state index contributed by atoms with van der Waals surface area (Å²) in [6, 6.07) is 20.4. The molecule has 0 unspecified atom stereocenters. The number of hydrogen-bond acceptors (Lipinski definition) is 5. The first kappa shape index (κ1) is 30.0. The molecule has 3 aromatic carbocycles. The number of halogens is 1. The van der Waals surface area contributed by atoms with Crippen LogP contribution in [0.3, 0.4) is 0 Å². The van der Waals surface area contributed by atoms with Crippen molar-refractivity contribution in [2.75, 3.05) is 24.5 Å². The first-order valence-electron chi connectivity index (χ1n) is 12.6. The number of hydrogen-bond donors (Lipinski definition) is 1. The Labute approximate surface area is 235 Å². The van der Waals surface area contributed by atoms with Crippen LogP contribution in [-0.2, 0) is 26.2 Å². The van der Waals surface area contributed by atoms with Crippen LogP contribution in [0, 0.1) is 5.92 Å². The van der Waals surface area contributed by atoms with E-state index in [-0.39, 0.29) is 23.3 Å². The summed E-state index contributed by atoms with van der Waals surface area (Å²) < 4.78 is 33.7. The van der Waals surface area contributed by atoms with Gasteiger partial charge in [0, 0.05) is 18.1 Å². The minimum absolute atomic E-state index is 0.00650. The fraction of sp³-hybridized carbons (Fsp3) is 0.310. The van der Waals surface area contributed by atoms with Crippen LogP contribution in [0.4, 0.5) is 5.69 Å². The number of ether oxygens (including phenoxy) is 1. The molecule has 0 saturated carbocycles. The van der Waals surface area contributed by atoms with Crippen LogP contribution >= 0.6 is 11.6 Å². The molecule has 1 N–H and O–H groups in total. The number of carbonyl (C=O) groups is 2. The molecule has 8 nitrogen and oxygen atoms in total. The minimum Gasteiger partial charge on any atom is -0.497 e. The minimum atomic E-state index is -4.14. The van der Waals surface area contributed by atoms with E-state index >= 15 is 0 Å². The van der Waals surface area contributed by atoms with Crippen molar-refractivity contribution in [3.8, 4) is 5.75 Å². The number of nitrogens with zero attached hydrogens (tertiary/aromatic N) is 2. The molecule has 1 atom stereocenters. The van der Waals surface area contributed by atoms with Gasteiger partial charge >= 0.3 is 0 Å². The number of carbonyl (C=O) groups excluding carboxylic acids is 2. The average molecular weight is 572 g/mol. The van der Waals surface area contributed by atoms with Gasteiger partial charge in [0.1, 0.15) is 18.3 Å². The van der Waals surface area contributed by atoms with E-state index in [1.54, 1.807) is 68.6 Å². The van der Waals surface area contributed by atoms with Crippen LogP contribution in [0.15, 0.2) is 83.8 Å². The van der Waals surface area contributed by atoms with E-state index in [2.05, 4.69) is 5.32 Å². The number of sulfonamides is 1. The second-order valence-corrected chi connectivity index (χ2v) is 11.8. The lowest BCUT2D eigenvalue weighted by Gasteiger charge is -2.32. The first-order valence-corrected chi connectivity index (χ1v) is 14.4. The molecule has 3 aromatic rings. The maximum absolute atomic E-state index is 13.9. The van der Waals surface area contributed by atoms with Crippen molar-refractivity contribution in [1.82, 2.24) is 10.2 Å². The Kier molecular flexibility index (Phi) is 10.4. The summed E-state index contributed by atoms with van der Waals surface area (Å²) in [5.74, 6) is 0.0328. The fourth-order valence-electron chi connectivity index (χ4n) is 3.82. The number of amides is 2. The summed E-state index contributed by atoms with van der Waals surface area (Å²) in [4.78, 5) is 28.3. The second-order valence-electron chi connectivity index (χ2n) is 9.49. The number of methoxy groups -OCH3 is 1. The lowest BCUT2D eigenvalue weighted by Crippen LogP contribution is -2.51. The number of para-hydroxylation sites is 1. The molecular weight excluding hydrogens is 538 g/mol. The zero-order chi connectivity index (χ0) is 28.6. The predicted molar refractivity (Wildman–Crippen MR) is 153 cm³/mol.